The largest absolute Gasteiger partial charge is 0.370 e. The van der Waals surface area contributed by atoms with Crippen molar-refractivity contribution in [2.75, 3.05) is 6.67 Å². The van der Waals surface area contributed by atoms with Crippen molar-refractivity contribution in [3.63, 3.8) is 0 Å². The van der Waals surface area contributed by atoms with Crippen LogP contribution in [-0.4, -0.2) is 18.7 Å². The summed E-state index contributed by atoms with van der Waals surface area (Å²) in [5.74, 6) is 0. The smallest absolute Gasteiger partial charge is 0.150 e. The van der Waals surface area contributed by atoms with Crippen molar-refractivity contribution >= 4 is 12.0 Å². The van der Waals surface area contributed by atoms with Crippen molar-refractivity contribution in [1.82, 2.24) is 5.32 Å². The van der Waals surface area contributed by atoms with Gasteiger partial charge in [0.15, 0.2) is 0 Å². The first-order valence-corrected chi connectivity index (χ1v) is 5.14. The first kappa shape index (κ1) is 9.90. The van der Waals surface area contributed by atoms with E-state index in [0.29, 0.717) is 6.67 Å². The Hall–Kier alpha value is -1.64. The van der Waals surface area contributed by atoms with Gasteiger partial charge in [0.2, 0.25) is 0 Å². The summed E-state index contributed by atoms with van der Waals surface area (Å²) in [5.41, 5.74) is 3.77. The van der Waals surface area contributed by atoms with Crippen molar-refractivity contribution in [3.8, 4) is 0 Å². The Morgan fingerprint density at radius 2 is 2.20 bits per heavy atom. The zero-order valence-corrected chi connectivity index (χ0v) is 8.79. The van der Waals surface area contributed by atoms with Gasteiger partial charge in [-0.15, -0.1) is 0 Å². The highest BCUT2D eigenvalue weighted by Crippen LogP contribution is 2.20. The number of aliphatic imine (C=N–C) groups is 1. The number of aldehydes is 1. The molecule has 2 aliphatic rings. The van der Waals surface area contributed by atoms with Gasteiger partial charge < -0.3 is 5.32 Å². The molecule has 1 aliphatic carbocycles. The standard InChI is InChI=1S/C12H14N2O/c1-9-6-12(14-8-13-9)11-5-3-2-4-10(11)7-15/h4-7,13H,2-3,8H2,1H3. The molecular weight excluding hydrogens is 188 g/mol. The lowest BCUT2D eigenvalue weighted by atomic mass is 9.94. The lowest BCUT2D eigenvalue weighted by molar-refractivity contribution is -0.104. The van der Waals surface area contributed by atoms with Gasteiger partial charge in [-0.3, -0.25) is 9.79 Å². The Kier molecular flexibility index (Phi) is 2.81. The van der Waals surface area contributed by atoms with Crippen molar-refractivity contribution < 1.29 is 4.79 Å². The van der Waals surface area contributed by atoms with Gasteiger partial charge in [-0.2, -0.15) is 0 Å². The summed E-state index contributed by atoms with van der Waals surface area (Å²) < 4.78 is 0. The van der Waals surface area contributed by atoms with Crippen LogP contribution >= 0.6 is 0 Å². The van der Waals surface area contributed by atoms with E-state index in [4.69, 9.17) is 0 Å². The summed E-state index contributed by atoms with van der Waals surface area (Å²) in [4.78, 5) is 15.3. The lowest BCUT2D eigenvalue weighted by Gasteiger charge is -2.17. The normalized spacial score (nSPS) is 20.6. The van der Waals surface area contributed by atoms with Crippen LogP contribution in [0.1, 0.15) is 19.8 Å². The number of carbonyl (C=O) groups is 1. The minimum Gasteiger partial charge on any atom is -0.370 e. The van der Waals surface area contributed by atoms with E-state index in [-0.39, 0.29) is 0 Å². The zero-order valence-electron chi connectivity index (χ0n) is 8.79. The van der Waals surface area contributed by atoms with E-state index < -0.39 is 0 Å². The van der Waals surface area contributed by atoms with Crippen molar-refractivity contribution in [3.05, 3.63) is 35.1 Å². The average molecular weight is 202 g/mol. The van der Waals surface area contributed by atoms with E-state index in [2.05, 4.69) is 16.4 Å². The van der Waals surface area contributed by atoms with Gasteiger partial charge in [-0.25, -0.2) is 0 Å². The maximum absolute atomic E-state index is 10.9. The first-order valence-electron chi connectivity index (χ1n) is 5.14. The zero-order chi connectivity index (χ0) is 10.7. The molecule has 0 aromatic carbocycles. The van der Waals surface area contributed by atoms with Gasteiger partial charge in [0.05, 0.1) is 5.71 Å². The molecule has 0 aromatic heterocycles. The van der Waals surface area contributed by atoms with Gasteiger partial charge in [0, 0.05) is 16.8 Å². The maximum atomic E-state index is 10.9. The van der Waals surface area contributed by atoms with Gasteiger partial charge in [-0.1, -0.05) is 12.2 Å². The maximum Gasteiger partial charge on any atom is 0.150 e. The molecule has 78 valence electrons. The fourth-order valence-electron chi connectivity index (χ4n) is 1.77. The predicted octanol–water partition coefficient (Wildman–Crippen LogP) is 1.74. The molecular formula is C12H14N2O. The van der Waals surface area contributed by atoms with Crippen molar-refractivity contribution in [1.29, 1.82) is 0 Å². The fraction of sp³-hybridized carbons (Fsp3) is 0.333. The highest BCUT2D eigenvalue weighted by molar-refractivity contribution is 6.16. The number of hydrogen-bond donors (Lipinski definition) is 1. The molecule has 1 heterocycles. The molecule has 1 N–H and O–H groups in total. The van der Waals surface area contributed by atoms with E-state index in [0.717, 1.165) is 41.7 Å². The van der Waals surface area contributed by atoms with Crippen LogP contribution in [-0.2, 0) is 4.79 Å². The molecule has 0 saturated heterocycles. The lowest BCUT2D eigenvalue weighted by Crippen LogP contribution is -2.20. The first-order chi connectivity index (χ1) is 7.31. The van der Waals surface area contributed by atoms with Crippen LogP contribution in [0.2, 0.25) is 0 Å². The van der Waals surface area contributed by atoms with Crippen molar-refractivity contribution in [2.45, 2.75) is 19.8 Å². The van der Waals surface area contributed by atoms with Gasteiger partial charge in [0.1, 0.15) is 13.0 Å². The number of carbonyl (C=O) groups excluding carboxylic acids is 1. The highest BCUT2D eigenvalue weighted by atomic mass is 16.1. The summed E-state index contributed by atoms with van der Waals surface area (Å²) in [6.07, 6.45) is 8.92. The quantitative estimate of drug-likeness (QED) is 0.693. The number of rotatable bonds is 2. The Morgan fingerprint density at radius 1 is 1.40 bits per heavy atom. The molecule has 3 heteroatoms. The molecule has 0 saturated carbocycles. The summed E-state index contributed by atoms with van der Waals surface area (Å²) in [7, 11) is 0. The van der Waals surface area contributed by atoms with E-state index in [1.54, 1.807) is 0 Å². The van der Waals surface area contributed by atoms with E-state index in [9.17, 15) is 4.79 Å². The van der Waals surface area contributed by atoms with Gasteiger partial charge in [-0.05, 0) is 25.8 Å². The second-order valence-corrected chi connectivity index (χ2v) is 3.68. The second kappa shape index (κ2) is 4.26. The molecule has 0 unspecified atom stereocenters. The number of nitrogens with zero attached hydrogens (tertiary/aromatic N) is 1. The molecule has 0 spiro atoms. The molecule has 3 nitrogen and oxygen atoms in total. The van der Waals surface area contributed by atoms with E-state index in [1.807, 2.05) is 19.1 Å². The Labute approximate surface area is 89.3 Å². The van der Waals surface area contributed by atoms with Crippen LogP contribution in [0.25, 0.3) is 0 Å². The third-order valence-corrected chi connectivity index (χ3v) is 2.55. The topological polar surface area (TPSA) is 41.5 Å². The van der Waals surface area contributed by atoms with E-state index >= 15 is 0 Å². The summed E-state index contributed by atoms with van der Waals surface area (Å²) >= 11 is 0. The highest BCUT2D eigenvalue weighted by Gasteiger charge is 2.14. The fourth-order valence-corrected chi connectivity index (χ4v) is 1.77. The molecule has 1 aliphatic heterocycles. The molecule has 0 radical (unpaired) electrons. The van der Waals surface area contributed by atoms with Crippen LogP contribution < -0.4 is 5.32 Å². The third kappa shape index (κ3) is 2.06. The molecule has 0 amide bonds. The Bertz CT molecular complexity index is 400. The summed E-state index contributed by atoms with van der Waals surface area (Å²) in [6, 6.07) is 0. The SMILES string of the molecule is CC1=CC(C2=CCCC=C2C=O)=NCN1. The molecule has 0 bridgehead atoms. The molecule has 0 atom stereocenters. The third-order valence-electron chi connectivity index (χ3n) is 2.55. The van der Waals surface area contributed by atoms with E-state index in [1.165, 1.54) is 0 Å². The van der Waals surface area contributed by atoms with Gasteiger partial charge in [0.25, 0.3) is 0 Å². The molecule has 0 aromatic rings. The number of allylic oxidation sites excluding steroid dienone is 6. The second-order valence-electron chi connectivity index (χ2n) is 3.68. The minimum atomic E-state index is 0.598. The number of nitrogens with one attached hydrogen (secondary N) is 1. The monoisotopic (exact) mass is 202 g/mol. The van der Waals surface area contributed by atoms with Crippen molar-refractivity contribution in [2.24, 2.45) is 4.99 Å². The predicted molar refractivity (Wildman–Crippen MR) is 60.7 cm³/mol. The average Bonchev–Trinajstić information content (AvgIpc) is 2.29. The van der Waals surface area contributed by atoms with Crippen LogP contribution in [0.5, 0.6) is 0 Å². The molecule has 0 fully saturated rings. The minimum absolute atomic E-state index is 0.598. The summed E-state index contributed by atoms with van der Waals surface area (Å²) in [5, 5.41) is 3.12. The molecule has 2 rings (SSSR count). The van der Waals surface area contributed by atoms with Crippen LogP contribution in [0.3, 0.4) is 0 Å². The van der Waals surface area contributed by atoms with Crippen LogP contribution in [0.4, 0.5) is 0 Å². The van der Waals surface area contributed by atoms with Crippen LogP contribution in [0, 0.1) is 0 Å². The number of hydrogen-bond acceptors (Lipinski definition) is 3. The van der Waals surface area contributed by atoms with Crippen LogP contribution in [0.15, 0.2) is 40.1 Å². The molecule has 15 heavy (non-hydrogen) atoms. The Morgan fingerprint density at radius 3 is 2.93 bits per heavy atom. The van der Waals surface area contributed by atoms with Gasteiger partial charge >= 0.3 is 0 Å². The Balaban J connectivity index is 2.31. The summed E-state index contributed by atoms with van der Waals surface area (Å²) in [6.45, 7) is 2.60.